The predicted molar refractivity (Wildman–Crippen MR) is 152 cm³/mol. The van der Waals surface area contributed by atoms with Crippen molar-refractivity contribution in [1.82, 2.24) is 25.2 Å². The summed E-state index contributed by atoms with van der Waals surface area (Å²) in [6.45, 7) is 3.99. The van der Waals surface area contributed by atoms with Gasteiger partial charge in [-0.25, -0.2) is 8.78 Å². The molecule has 2 aromatic carbocycles. The van der Waals surface area contributed by atoms with E-state index in [1.807, 2.05) is 0 Å². The molecule has 3 aliphatic heterocycles. The van der Waals surface area contributed by atoms with Crippen LogP contribution in [-0.4, -0.2) is 69.4 Å². The molecule has 8 rings (SSSR count). The summed E-state index contributed by atoms with van der Waals surface area (Å²) in [5.41, 5.74) is 0.717. The van der Waals surface area contributed by atoms with Gasteiger partial charge in [0.1, 0.15) is 23.6 Å². The molecule has 2 aromatic heterocycles. The molecule has 4 fully saturated rings. The molecular weight excluding hydrogens is 524 g/mol. The van der Waals surface area contributed by atoms with Crippen LogP contribution in [0.1, 0.15) is 44.2 Å². The minimum Gasteiger partial charge on any atom is -0.461 e. The maximum Gasteiger partial charge on any atom is 0.317 e. The molecule has 0 radical (unpaired) electrons. The van der Waals surface area contributed by atoms with E-state index in [-0.39, 0.29) is 28.7 Å². The van der Waals surface area contributed by atoms with E-state index in [4.69, 9.17) is 9.72 Å². The third-order valence-electron chi connectivity index (χ3n) is 10.2. The zero-order chi connectivity index (χ0) is 27.8. The lowest BCUT2D eigenvalue weighted by molar-refractivity contribution is 0.107. The minimum absolute atomic E-state index is 0.0137. The molecule has 9 heteroatoms. The molecule has 3 saturated heterocycles. The first-order chi connectivity index (χ1) is 20.0. The highest BCUT2D eigenvalue weighted by atomic mass is 19.1. The van der Waals surface area contributed by atoms with Crippen molar-refractivity contribution in [2.45, 2.75) is 55.6 Å². The third-order valence-corrected chi connectivity index (χ3v) is 10.2. The largest absolute Gasteiger partial charge is 0.461 e. The predicted octanol–water partition coefficient (Wildman–Crippen LogP) is 4.74. The van der Waals surface area contributed by atoms with Crippen LogP contribution < -0.4 is 10.1 Å². The summed E-state index contributed by atoms with van der Waals surface area (Å²) in [5, 5.41) is 15.8. The van der Waals surface area contributed by atoms with Gasteiger partial charge in [-0.1, -0.05) is 30.3 Å². The second kappa shape index (κ2) is 9.37. The normalized spacial score (nSPS) is 27.1. The number of rotatable bonds is 5. The van der Waals surface area contributed by atoms with Gasteiger partial charge >= 0.3 is 6.01 Å². The molecule has 7 nitrogen and oxygen atoms in total. The molecule has 4 aliphatic rings. The van der Waals surface area contributed by atoms with Crippen LogP contribution in [-0.2, 0) is 5.41 Å². The van der Waals surface area contributed by atoms with Crippen molar-refractivity contribution in [3.8, 4) is 17.3 Å². The Balaban J connectivity index is 1.29. The van der Waals surface area contributed by atoms with Crippen molar-refractivity contribution in [2.24, 2.45) is 5.92 Å². The number of aliphatic hydroxyl groups excluding tert-OH is 1. The lowest BCUT2D eigenvalue weighted by atomic mass is 9.78. The van der Waals surface area contributed by atoms with Gasteiger partial charge in [0.2, 0.25) is 0 Å². The number of ether oxygens (including phenoxy) is 1. The summed E-state index contributed by atoms with van der Waals surface area (Å²) < 4.78 is 38.0. The van der Waals surface area contributed by atoms with Crippen LogP contribution >= 0.6 is 0 Å². The Morgan fingerprint density at radius 3 is 2.68 bits per heavy atom. The van der Waals surface area contributed by atoms with Gasteiger partial charge in [0.15, 0.2) is 5.82 Å². The number of aliphatic hydroxyl groups is 1. The van der Waals surface area contributed by atoms with Gasteiger partial charge < -0.3 is 15.2 Å². The Hall–Kier alpha value is -3.27. The summed E-state index contributed by atoms with van der Waals surface area (Å²) in [4.78, 5) is 16.6. The molecule has 212 valence electrons. The van der Waals surface area contributed by atoms with E-state index in [2.05, 4.69) is 20.2 Å². The molecule has 41 heavy (non-hydrogen) atoms. The smallest absolute Gasteiger partial charge is 0.317 e. The molecule has 1 aliphatic carbocycles. The molecule has 5 heterocycles. The number of fused-ring (bicyclic) bond motifs is 5. The molecular formula is C32H33F2N5O2. The highest BCUT2D eigenvalue weighted by Gasteiger charge is 2.50. The van der Waals surface area contributed by atoms with E-state index >= 15 is 8.78 Å². The average Bonchev–Trinajstić information content (AvgIpc) is 3.63. The molecule has 2 N–H and O–H groups in total. The van der Waals surface area contributed by atoms with Crippen molar-refractivity contribution in [1.29, 1.82) is 0 Å². The van der Waals surface area contributed by atoms with Gasteiger partial charge in [0.05, 0.1) is 17.3 Å². The third kappa shape index (κ3) is 3.89. The number of pyridine rings is 1. The molecule has 4 aromatic rings. The van der Waals surface area contributed by atoms with Crippen molar-refractivity contribution in [3.05, 3.63) is 59.9 Å². The SMILES string of the molecule is OC1CC2(c3nc(OCC45CCCN4CCC5)nc4c(F)c(-c5cccc6cccc(F)c56)ncc34)CNCC1C2. The van der Waals surface area contributed by atoms with Gasteiger partial charge in [-0.15, -0.1) is 0 Å². The van der Waals surface area contributed by atoms with Crippen LogP contribution in [0.3, 0.4) is 0 Å². The number of piperidine rings is 1. The molecule has 0 spiro atoms. The summed E-state index contributed by atoms with van der Waals surface area (Å²) in [6.07, 6.45) is 6.88. The Morgan fingerprint density at radius 1 is 1.05 bits per heavy atom. The fourth-order valence-electron chi connectivity index (χ4n) is 8.26. The van der Waals surface area contributed by atoms with Gasteiger partial charge in [-0.3, -0.25) is 9.88 Å². The first-order valence-electron chi connectivity index (χ1n) is 14.8. The quantitative estimate of drug-likeness (QED) is 0.367. The second-order valence-corrected chi connectivity index (χ2v) is 12.5. The maximum absolute atomic E-state index is 16.6. The zero-order valence-corrected chi connectivity index (χ0v) is 22.9. The van der Waals surface area contributed by atoms with Crippen molar-refractivity contribution >= 4 is 21.7 Å². The molecule has 3 atom stereocenters. The van der Waals surface area contributed by atoms with E-state index < -0.39 is 23.2 Å². The number of nitrogens with zero attached hydrogens (tertiary/aromatic N) is 4. The van der Waals surface area contributed by atoms with Gasteiger partial charge in [-0.05, 0) is 69.0 Å². The summed E-state index contributed by atoms with van der Waals surface area (Å²) in [6, 6.07) is 10.3. The number of nitrogens with one attached hydrogen (secondary N) is 1. The lowest BCUT2D eigenvalue weighted by Gasteiger charge is -2.34. The van der Waals surface area contributed by atoms with Crippen molar-refractivity contribution < 1.29 is 18.6 Å². The first kappa shape index (κ1) is 25.4. The van der Waals surface area contributed by atoms with E-state index in [9.17, 15) is 5.11 Å². The summed E-state index contributed by atoms with van der Waals surface area (Å²) in [5.74, 6) is -0.941. The summed E-state index contributed by atoms with van der Waals surface area (Å²) in [7, 11) is 0. The first-order valence-corrected chi connectivity index (χ1v) is 14.8. The number of halogens is 2. The lowest BCUT2D eigenvalue weighted by Crippen LogP contribution is -2.44. The van der Waals surface area contributed by atoms with Crippen molar-refractivity contribution in [3.63, 3.8) is 0 Å². The average molecular weight is 558 g/mol. The number of hydrogen-bond acceptors (Lipinski definition) is 7. The number of hydrogen-bond donors (Lipinski definition) is 2. The maximum atomic E-state index is 16.6. The van der Waals surface area contributed by atoms with Crippen LogP contribution in [0.25, 0.3) is 32.9 Å². The van der Waals surface area contributed by atoms with Crippen LogP contribution in [0, 0.1) is 17.6 Å². The minimum atomic E-state index is -0.622. The van der Waals surface area contributed by atoms with Crippen LogP contribution in [0.5, 0.6) is 6.01 Å². The van der Waals surface area contributed by atoms with Gasteiger partial charge in [0.25, 0.3) is 0 Å². The second-order valence-electron chi connectivity index (χ2n) is 12.5. The Bertz CT molecular complexity index is 1660. The number of aromatic nitrogens is 3. The molecule has 3 unspecified atom stereocenters. The summed E-state index contributed by atoms with van der Waals surface area (Å²) >= 11 is 0. The number of benzene rings is 2. The van der Waals surface area contributed by atoms with E-state index in [1.54, 1.807) is 36.5 Å². The van der Waals surface area contributed by atoms with Crippen LogP contribution in [0.4, 0.5) is 8.78 Å². The van der Waals surface area contributed by atoms with Crippen LogP contribution in [0.2, 0.25) is 0 Å². The van der Waals surface area contributed by atoms with Crippen LogP contribution in [0.15, 0.2) is 42.6 Å². The standard InChI is InChI=1S/C32H33F2N5O2/c33-23-8-2-6-19-5-1-7-21(25(19)23)27-26(34)28-22(16-36-27)29(31-13-20(15-35-17-31)24(40)14-31)38-30(37-28)41-18-32-9-3-11-39(32)12-4-10-32/h1-2,5-8,16,20,24,35,40H,3-4,9-15,17-18H2. The van der Waals surface area contributed by atoms with Gasteiger partial charge in [-0.2, -0.15) is 9.97 Å². The Kier molecular flexibility index (Phi) is 5.82. The van der Waals surface area contributed by atoms with Gasteiger partial charge in [0, 0.05) is 41.0 Å². The fourth-order valence-corrected chi connectivity index (χ4v) is 8.26. The van der Waals surface area contributed by atoms with E-state index in [1.165, 1.54) is 6.07 Å². The molecule has 0 amide bonds. The zero-order valence-electron chi connectivity index (χ0n) is 22.9. The Morgan fingerprint density at radius 2 is 1.85 bits per heavy atom. The highest BCUT2D eigenvalue weighted by molar-refractivity contribution is 5.98. The van der Waals surface area contributed by atoms with Crippen molar-refractivity contribution in [2.75, 3.05) is 32.8 Å². The monoisotopic (exact) mass is 557 g/mol. The molecule has 2 bridgehead atoms. The topological polar surface area (TPSA) is 83.4 Å². The highest BCUT2D eigenvalue weighted by Crippen LogP contribution is 2.48. The van der Waals surface area contributed by atoms with E-state index in [0.717, 1.165) is 51.7 Å². The molecule has 1 saturated carbocycles. The fraction of sp³-hybridized carbons (Fsp3) is 0.469. The van der Waals surface area contributed by atoms with E-state index in [0.29, 0.717) is 47.0 Å². The Labute approximate surface area is 237 Å².